The molecule has 2 aromatic rings. The van der Waals surface area contributed by atoms with Crippen LogP contribution in [0.1, 0.15) is 25.6 Å². The quantitative estimate of drug-likeness (QED) is 0.545. The van der Waals surface area contributed by atoms with Crippen molar-refractivity contribution in [3.8, 4) is 9.75 Å². The Balaban J connectivity index is 2.39. The van der Waals surface area contributed by atoms with Crippen molar-refractivity contribution in [2.45, 2.75) is 26.2 Å². The molecule has 0 unspecified atom stereocenters. The Morgan fingerprint density at radius 3 is 2.12 bits per heavy atom. The van der Waals surface area contributed by atoms with Crippen LogP contribution < -0.4 is 0 Å². The molecule has 0 saturated heterocycles. The van der Waals surface area contributed by atoms with Crippen molar-refractivity contribution >= 4 is 54.5 Å². The van der Waals surface area contributed by atoms with Gasteiger partial charge in [0.15, 0.2) is 0 Å². The van der Waals surface area contributed by atoms with Crippen LogP contribution in [0, 0.1) is 0 Å². The molecule has 0 bridgehead atoms. The summed E-state index contributed by atoms with van der Waals surface area (Å²) in [6, 6.07) is 6.63. The molecule has 0 radical (unpaired) electrons. The second kappa shape index (κ2) is 4.56. The highest BCUT2D eigenvalue weighted by atomic mass is 79.9. The van der Waals surface area contributed by atoms with Crippen LogP contribution in [0.2, 0.25) is 0 Å². The van der Waals surface area contributed by atoms with Gasteiger partial charge in [0.05, 0.1) is 3.79 Å². The topological polar surface area (TPSA) is 0 Å². The third-order valence-corrected chi connectivity index (χ3v) is 7.20. The molecular weight excluding hydrogens is 368 g/mol. The van der Waals surface area contributed by atoms with E-state index < -0.39 is 0 Å². The van der Waals surface area contributed by atoms with E-state index in [1.807, 2.05) is 11.3 Å². The van der Waals surface area contributed by atoms with Crippen LogP contribution in [0.4, 0.5) is 0 Å². The first-order valence-electron chi connectivity index (χ1n) is 4.93. The molecule has 0 fully saturated rings. The first-order valence-corrected chi connectivity index (χ1v) is 8.15. The summed E-state index contributed by atoms with van der Waals surface area (Å²) in [4.78, 5) is 4.10. The van der Waals surface area contributed by atoms with Crippen molar-refractivity contribution in [1.29, 1.82) is 0 Å². The average Bonchev–Trinajstić information content (AvgIpc) is 2.73. The molecule has 16 heavy (non-hydrogen) atoms. The second-order valence-electron chi connectivity index (χ2n) is 4.65. The summed E-state index contributed by atoms with van der Waals surface area (Å²) in [5.74, 6) is 0. The lowest BCUT2D eigenvalue weighted by molar-refractivity contribution is 0.604. The third-order valence-electron chi connectivity index (χ3n) is 2.23. The average molecular weight is 380 g/mol. The summed E-state index contributed by atoms with van der Waals surface area (Å²) in [5.41, 5.74) is 0.245. The lowest BCUT2D eigenvalue weighted by Gasteiger charge is -2.15. The van der Waals surface area contributed by atoms with Gasteiger partial charge >= 0.3 is 0 Å². The fourth-order valence-electron chi connectivity index (χ4n) is 1.34. The standard InChI is InChI=1S/C12H12Br2S2/c1-12(2,3)10-5-4-8(15-10)9-6-7(13)11(14)16-9/h4-6H,1-3H3. The van der Waals surface area contributed by atoms with Crippen molar-refractivity contribution < 1.29 is 0 Å². The van der Waals surface area contributed by atoms with Gasteiger partial charge in [-0.15, -0.1) is 22.7 Å². The van der Waals surface area contributed by atoms with Crippen LogP contribution in [0.25, 0.3) is 9.75 Å². The van der Waals surface area contributed by atoms with Gasteiger partial charge in [-0.05, 0) is 55.5 Å². The van der Waals surface area contributed by atoms with E-state index in [1.54, 1.807) is 11.3 Å². The van der Waals surface area contributed by atoms with Gasteiger partial charge in [-0.1, -0.05) is 20.8 Å². The van der Waals surface area contributed by atoms with Crippen molar-refractivity contribution in [2.75, 3.05) is 0 Å². The molecule has 0 aliphatic heterocycles. The Hall–Kier alpha value is 0.360. The molecule has 0 atom stereocenters. The molecule has 0 aliphatic rings. The van der Waals surface area contributed by atoms with Gasteiger partial charge in [0.25, 0.3) is 0 Å². The van der Waals surface area contributed by atoms with Crippen LogP contribution in [0.5, 0.6) is 0 Å². The molecule has 0 aromatic carbocycles. The maximum Gasteiger partial charge on any atom is 0.0847 e. The maximum atomic E-state index is 3.54. The van der Waals surface area contributed by atoms with Gasteiger partial charge in [0.1, 0.15) is 0 Å². The molecule has 4 heteroatoms. The molecule has 0 amide bonds. The fourth-order valence-corrected chi connectivity index (χ4v) is 4.52. The van der Waals surface area contributed by atoms with E-state index in [9.17, 15) is 0 Å². The first kappa shape index (κ1) is 12.8. The number of hydrogen-bond acceptors (Lipinski definition) is 2. The van der Waals surface area contributed by atoms with Crippen molar-refractivity contribution in [3.05, 3.63) is 31.3 Å². The van der Waals surface area contributed by atoms with Gasteiger partial charge in [0.2, 0.25) is 0 Å². The minimum Gasteiger partial charge on any atom is -0.139 e. The molecule has 2 heterocycles. The Kier molecular flexibility index (Phi) is 3.65. The zero-order valence-corrected chi connectivity index (χ0v) is 14.1. The number of halogens is 2. The van der Waals surface area contributed by atoms with Crippen LogP contribution in [0.3, 0.4) is 0 Å². The van der Waals surface area contributed by atoms with E-state index in [4.69, 9.17) is 0 Å². The Morgan fingerprint density at radius 1 is 1.00 bits per heavy atom. The lowest BCUT2D eigenvalue weighted by Crippen LogP contribution is -2.07. The normalized spacial score (nSPS) is 12.1. The zero-order chi connectivity index (χ0) is 11.9. The Labute approximate surface area is 121 Å². The Bertz CT molecular complexity index is 484. The Morgan fingerprint density at radius 2 is 1.69 bits per heavy atom. The minimum absolute atomic E-state index is 0.245. The van der Waals surface area contributed by atoms with Gasteiger partial charge in [-0.25, -0.2) is 0 Å². The lowest BCUT2D eigenvalue weighted by atomic mass is 9.95. The third kappa shape index (κ3) is 2.61. The highest BCUT2D eigenvalue weighted by Crippen LogP contribution is 2.42. The van der Waals surface area contributed by atoms with Crippen LogP contribution in [0.15, 0.2) is 26.5 Å². The smallest absolute Gasteiger partial charge is 0.0847 e. The van der Waals surface area contributed by atoms with E-state index in [1.165, 1.54) is 14.6 Å². The van der Waals surface area contributed by atoms with E-state index in [0.29, 0.717) is 0 Å². The number of rotatable bonds is 1. The maximum absolute atomic E-state index is 3.54. The first-order chi connectivity index (χ1) is 7.38. The van der Waals surface area contributed by atoms with E-state index in [2.05, 4.69) is 70.8 Å². The molecule has 0 spiro atoms. The molecule has 2 aromatic heterocycles. The van der Waals surface area contributed by atoms with Gasteiger partial charge in [0, 0.05) is 19.1 Å². The van der Waals surface area contributed by atoms with Crippen LogP contribution in [-0.4, -0.2) is 0 Å². The summed E-state index contributed by atoms with van der Waals surface area (Å²) < 4.78 is 2.30. The summed E-state index contributed by atoms with van der Waals surface area (Å²) in [5, 5.41) is 0. The molecule has 0 nitrogen and oxygen atoms in total. The number of thiophene rings is 2. The largest absolute Gasteiger partial charge is 0.139 e. The van der Waals surface area contributed by atoms with E-state index in [0.717, 1.165) is 8.26 Å². The summed E-state index contributed by atoms with van der Waals surface area (Å²) in [6.45, 7) is 6.76. The molecule has 0 saturated carbocycles. The summed E-state index contributed by atoms with van der Waals surface area (Å²) in [7, 11) is 0. The van der Waals surface area contributed by atoms with Crippen molar-refractivity contribution in [1.82, 2.24) is 0 Å². The second-order valence-corrected chi connectivity index (χ2v) is 8.95. The van der Waals surface area contributed by atoms with Gasteiger partial charge in [-0.3, -0.25) is 0 Å². The predicted molar refractivity (Wildman–Crippen MR) is 81.7 cm³/mol. The number of hydrogen-bond donors (Lipinski definition) is 0. The van der Waals surface area contributed by atoms with Crippen LogP contribution >= 0.6 is 54.5 Å². The summed E-state index contributed by atoms with van der Waals surface area (Å²) >= 11 is 10.7. The summed E-state index contributed by atoms with van der Waals surface area (Å²) in [6.07, 6.45) is 0. The molecule has 0 N–H and O–H groups in total. The van der Waals surface area contributed by atoms with Gasteiger partial charge in [-0.2, -0.15) is 0 Å². The van der Waals surface area contributed by atoms with Crippen molar-refractivity contribution in [3.63, 3.8) is 0 Å². The van der Waals surface area contributed by atoms with Crippen molar-refractivity contribution in [2.24, 2.45) is 0 Å². The molecule has 2 rings (SSSR count). The van der Waals surface area contributed by atoms with Gasteiger partial charge < -0.3 is 0 Å². The molecule has 0 aliphatic carbocycles. The molecule has 86 valence electrons. The SMILES string of the molecule is CC(C)(C)c1ccc(-c2cc(Br)c(Br)s2)s1. The highest BCUT2D eigenvalue weighted by molar-refractivity contribution is 9.13. The highest BCUT2D eigenvalue weighted by Gasteiger charge is 2.17. The molecular formula is C12H12Br2S2. The zero-order valence-electron chi connectivity index (χ0n) is 9.30. The minimum atomic E-state index is 0.245. The predicted octanol–water partition coefficient (Wildman–Crippen LogP) is 6.30. The van der Waals surface area contributed by atoms with E-state index in [-0.39, 0.29) is 5.41 Å². The van der Waals surface area contributed by atoms with Crippen LogP contribution in [-0.2, 0) is 5.41 Å². The monoisotopic (exact) mass is 378 g/mol. The fraction of sp³-hybridized carbons (Fsp3) is 0.333. The van der Waals surface area contributed by atoms with E-state index >= 15 is 0 Å².